The standard InChI is InChI=1S/C19H18N2O5/c1-13-6-8-17(14(2)10-13)20-18(22)12-26-19(23)9-7-15-4-3-5-16(11-15)21(24)25/h3-11H,12H2,1-2H3,(H,20,22). The number of ether oxygens (including phenoxy) is 1. The number of carbonyl (C=O) groups is 2. The van der Waals surface area contributed by atoms with Gasteiger partial charge in [0, 0.05) is 23.9 Å². The fourth-order valence-electron chi connectivity index (χ4n) is 2.23. The van der Waals surface area contributed by atoms with Crippen LogP contribution >= 0.6 is 0 Å². The van der Waals surface area contributed by atoms with E-state index in [4.69, 9.17) is 4.74 Å². The molecule has 7 nitrogen and oxygen atoms in total. The third-order valence-corrected chi connectivity index (χ3v) is 3.49. The van der Waals surface area contributed by atoms with Crippen molar-refractivity contribution in [1.82, 2.24) is 0 Å². The lowest BCUT2D eigenvalue weighted by atomic mass is 10.1. The lowest BCUT2D eigenvalue weighted by Gasteiger charge is -2.09. The second-order valence-electron chi connectivity index (χ2n) is 5.66. The molecule has 0 bridgehead atoms. The number of hydrogen-bond donors (Lipinski definition) is 1. The highest BCUT2D eigenvalue weighted by molar-refractivity contribution is 5.95. The number of rotatable bonds is 6. The smallest absolute Gasteiger partial charge is 0.331 e. The van der Waals surface area contributed by atoms with Crippen LogP contribution in [0.15, 0.2) is 48.5 Å². The van der Waals surface area contributed by atoms with E-state index >= 15 is 0 Å². The summed E-state index contributed by atoms with van der Waals surface area (Å²) in [5.41, 5.74) is 3.06. The minimum Gasteiger partial charge on any atom is -0.452 e. The van der Waals surface area contributed by atoms with Gasteiger partial charge in [-0.1, -0.05) is 29.8 Å². The topological polar surface area (TPSA) is 98.5 Å². The van der Waals surface area contributed by atoms with Crippen molar-refractivity contribution >= 4 is 29.3 Å². The Morgan fingerprint density at radius 2 is 1.96 bits per heavy atom. The highest BCUT2D eigenvalue weighted by Crippen LogP contribution is 2.16. The summed E-state index contributed by atoms with van der Waals surface area (Å²) in [5.74, 6) is -1.17. The Morgan fingerprint density at radius 3 is 2.65 bits per heavy atom. The summed E-state index contributed by atoms with van der Waals surface area (Å²) in [5, 5.41) is 13.4. The molecule has 0 saturated carbocycles. The zero-order valence-electron chi connectivity index (χ0n) is 14.4. The third kappa shape index (κ3) is 5.55. The highest BCUT2D eigenvalue weighted by Gasteiger charge is 2.08. The van der Waals surface area contributed by atoms with Crippen molar-refractivity contribution < 1.29 is 19.2 Å². The minimum absolute atomic E-state index is 0.0756. The van der Waals surface area contributed by atoms with Crippen LogP contribution < -0.4 is 5.32 Å². The number of nitrogens with one attached hydrogen (secondary N) is 1. The molecular weight excluding hydrogens is 336 g/mol. The van der Waals surface area contributed by atoms with Crippen LogP contribution in [-0.4, -0.2) is 23.4 Å². The van der Waals surface area contributed by atoms with E-state index in [0.717, 1.165) is 17.2 Å². The fraction of sp³-hybridized carbons (Fsp3) is 0.158. The Kier molecular flexibility index (Phi) is 6.21. The summed E-state index contributed by atoms with van der Waals surface area (Å²) in [6, 6.07) is 11.4. The lowest BCUT2D eigenvalue weighted by molar-refractivity contribution is -0.384. The predicted molar refractivity (Wildman–Crippen MR) is 97.6 cm³/mol. The van der Waals surface area contributed by atoms with Crippen molar-refractivity contribution in [2.24, 2.45) is 0 Å². The first-order valence-electron chi connectivity index (χ1n) is 7.81. The first-order valence-corrected chi connectivity index (χ1v) is 7.81. The molecule has 1 N–H and O–H groups in total. The van der Waals surface area contributed by atoms with Gasteiger partial charge in [-0.05, 0) is 37.1 Å². The number of non-ortho nitro benzene ring substituents is 1. The first kappa shape index (κ1) is 18.9. The zero-order chi connectivity index (χ0) is 19.1. The number of anilines is 1. The van der Waals surface area contributed by atoms with Crippen LogP contribution in [0.4, 0.5) is 11.4 Å². The van der Waals surface area contributed by atoms with Crippen LogP contribution in [0.5, 0.6) is 0 Å². The van der Waals surface area contributed by atoms with E-state index in [9.17, 15) is 19.7 Å². The molecule has 0 aliphatic rings. The molecule has 1 amide bonds. The van der Waals surface area contributed by atoms with Crippen molar-refractivity contribution in [3.63, 3.8) is 0 Å². The average Bonchev–Trinajstić information content (AvgIpc) is 2.61. The van der Waals surface area contributed by atoms with Gasteiger partial charge in [-0.15, -0.1) is 0 Å². The van der Waals surface area contributed by atoms with Crippen LogP contribution in [0, 0.1) is 24.0 Å². The third-order valence-electron chi connectivity index (χ3n) is 3.49. The molecule has 7 heteroatoms. The van der Waals surface area contributed by atoms with E-state index in [1.54, 1.807) is 12.1 Å². The van der Waals surface area contributed by atoms with Crippen molar-refractivity contribution in [3.8, 4) is 0 Å². The van der Waals surface area contributed by atoms with Gasteiger partial charge in [0.25, 0.3) is 11.6 Å². The first-order chi connectivity index (χ1) is 12.3. The highest BCUT2D eigenvalue weighted by atomic mass is 16.6. The predicted octanol–water partition coefficient (Wildman–Crippen LogP) is 3.41. The van der Waals surface area contributed by atoms with E-state index in [-0.39, 0.29) is 5.69 Å². The van der Waals surface area contributed by atoms with Gasteiger partial charge in [0.05, 0.1) is 4.92 Å². The Hall–Kier alpha value is -3.48. The van der Waals surface area contributed by atoms with Gasteiger partial charge >= 0.3 is 5.97 Å². The van der Waals surface area contributed by atoms with Gasteiger partial charge < -0.3 is 10.1 Å². The van der Waals surface area contributed by atoms with Crippen LogP contribution in [0.2, 0.25) is 0 Å². The minimum atomic E-state index is -0.715. The van der Waals surface area contributed by atoms with E-state index in [0.29, 0.717) is 11.3 Å². The van der Waals surface area contributed by atoms with Crippen molar-refractivity contribution in [3.05, 3.63) is 75.3 Å². The number of aryl methyl sites for hydroxylation is 2. The summed E-state index contributed by atoms with van der Waals surface area (Å²) in [6.07, 6.45) is 2.50. The molecule has 2 rings (SSSR count). The molecule has 0 aliphatic heterocycles. The molecule has 0 spiro atoms. The van der Waals surface area contributed by atoms with Gasteiger partial charge in [0.1, 0.15) is 0 Å². The second kappa shape index (κ2) is 8.57. The van der Waals surface area contributed by atoms with Gasteiger partial charge in [0.2, 0.25) is 0 Å². The molecule has 0 saturated heterocycles. The van der Waals surface area contributed by atoms with Crippen LogP contribution in [0.1, 0.15) is 16.7 Å². The Balaban J connectivity index is 1.87. The molecule has 0 radical (unpaired) electrons. The largest absolute Gasteiger partial charge is 0.452 e. The summed E-state index contributed by atoms with van der Waals surface area (Å²) < 4.78 is 4.87. The van der Waals surface area contributed by atoms with E-state index in [2.05, 4.69) is 5.32 Å². The number of carbonyl (C=O) groups excluding carboxylic acids is 2. The number of hydrogen-bond acceptors (Lipinski definition) is 5. The number of nitro groups is 1. The Morgan fingerprint density at radius 1 is 1.19 bits per heavy atom. The summed E-state index contributed by atoms with van der Waals surface area (Å²) >= 11 is 0. The average molecular weight is 354 g/mol. The van der Waals surface area contributed by atoms with Crippen LogP contribution in [-0.2, 0) is 14.3 Å². The number of benzene rings is 2. The fourth-order valence-corrected chi connectivity index (χ4v) is 2.23. The number of amides is 1. The molecule has 0 aliphatic carbocycles. The molecule has 0 unspecified atom stereocenters. The van der Waals surface area contributed by atoms with E-state index in [1.807, 2.05) is 26.0 Å². The van der Waals surface area contributed by atoms with Crippen LogP contribution in [0.25, 0.3) is 6.08 Å². The number of esters is 1. The zero-order valence-corrected chi connectivity index (χ0v) is 14.4. The number of nitrogens with zero attached hydrogens (tertiary/aromatic N) is 1. The van der Waals surface area contributed by atoms with E-state index < -0.39 is 23.4 Å². The Labute approximate surface area is 150 Å². The molecule has 2 aromatic carbocycles. The maximum atomic E-state index is 11.9. The molecular formula is C19H18N2O5. The maximum absolute atomic E-state index is 11.9. The maximum Gasteiger partial charge on any atom is 0.331 e. The van der Waals surface area contributed by atoms with Crippen molar-refractivity contribution in [2.45, 2.75) is 13.8 Å². The van der Waals surface area contributed by atoms with Crippen molar-refractivity contribution in [2.75, 3.05) is 11.9 Å². The molecule has 26 heavy (non-hydrogen) atoms. The quantitative estimate of drug-likeness (QED) is 0.371. The van der Waals surface area contributed by atoms with Gasteiger partial charge in [-0.3, -0.25) is 14.9 Å². The number of nitro benzene ring substituents is 1. The monoisotopic (exact) mass is 354 g/mol. The van der Waals surface area contributed by atoms with Gasteiger partial charge in [-0.2, -0.15) is 0 Å². The summed E-state index contributed by atoms with van der Waals surface area (Å²) in [7, 11) is 0. The van der Waals surface area contributed by atoms with Gasteiger partial charge in [0.15, 0.2) is 6.61 Å². The van der Waals surface area contributed by atoms with Crippen LogP contribution in [0.3, 0.4) is 0 Å². The summed E-state index contributed by atoms with van der Waals surface area (Å²) in [6.45, 7) is 3.40. The normalized spacial score (nSPS) is 10.5. The molecule has 0 aromatic heterocycles. The second-order valence-corrected chi connectivity index (χ2v) is 5.66. The molecule has 0 atom stereocenters. The lowest BCUT2D eigenvalue weighted by Crippen LogP contribution is -2.20. The molecule has 134 valence electrons. The Bertz CT molecular complexity index is 874. The molecule has 2 aromatic rings. The molecule has 0 fully saturated rings. The summed E-state index contributed by atoms with van der Waals surface area (Å²) in [4.78, 5) is 33.7. The van der Waals surface area contributed by atoms with E-state index in [1.165, 1.54) is 24.3 Å². The SMILES string of the molecule is Cc1ccc(NC(=O)COC(=O)C=Cc2cccc([N+](=O)[O-])c2)c(C)c1. The molecule has 0 heterocycles. The van der Waals surface area contributed by atoms with Crippen molar-refractivity contribution in [1.29, 1.82) is 0 Å². The van der Waals surface area contributed by atoms with Gasteiger partial charge in [-0.25, -0.2) is 4.79 Å².